The SMILES string of the molecule is C[C@]12C=CC3(C=C1CC[C@H]1[C@@H]4CC[C@@]5(OCC[S+]5[O-])[C@@]4(C)C[C@H](O)C12F)OO3. The third-order valence-corrected chi connectivity index (χ3v) is 11.1. The van der Waals surface area contributed by atoms with Crippen LogP contribution in [0.5, 0.6) is 0 Å². The van der Waals surface area contributed by atoms with Gasteiger partial charge in [0.25, 0.3) is 5.79 Å². The minimum atomic E-state index is -1.76. The van der Waals surface area contributed by atoms with E-state index >= 15 is 4.39 Å². The molecule has 0 aromatic rings. The molecule has 0 amide bonds. The summed E-state index contributed by atoms with van der Waals surface area (Å²) in [5.74, 6) is -0.514. The van der Waals surface area contributed by atoms with E-state index in [1.165, 1.54) is 0 Å². The van der Waals surface area contributed by atoms with Crippen LogP contribution in [0.25, 0.3) is 0 Å². The van der Waals surface area contributed by atoms with Crippen LogP contribution in [0.4, 0.5) is 4.39 Å². The van der Waals surface area contributed by atoms with E-state index in [0.717, 1.165) is 18.4 Å². The van der Waals surface area contributed by atoms with Gasteiger partial charge in [-0.15, -0.1) is 0 Å². The highest BCUT2D eigenvalue weighted by Crippen LogP contribution is 2.72. The Kier molecular flexibility index (Phi) is 3.43. The zero-order chi connectivity index (χ0) is 19.6. The number of fused-ring (bicyclic) bond motifs is 6. The van der Waals surface area contributed by atoms with Gasteiger partial charge in [0.05, 0.1) is 12.7 Å². The maximum absolute atomic E-state index is 17.0. The van der Waals surface area contributed by atoms with E-state index in [1.54, 1.807) is 6.08 Å². The number of aliphatic hydroxyl groups is 1. The summed E-state index contributed by atoms with van der Waals surface area (Å²) in [7, 11) is 0. The maximum atomic E-state index is 17.0. The highest BCUT2D eigenvalue weighted by Gasteiger charge is 2.77. The Hall–Kier alpha value is -0.440. The molecule has 0 aromatic carbocycles. The van der Waals surface area contributed by atoms with Gasteiger partial charge in [-0.2, -0.15) is 9.78 Å². The van der Waals surface area contributed by atoms with E-state index in [0.29, 0.717) is 25.2 Å². The van der Waals surface area contributed by atoms with Crippen LogP contribution in [-0.2, 0) is 25.7 Å². The highest BCUT2D eigenvalue weighted by atomic mass is 32.2. The lowest BCUT2D eigenvalue weighted by atomic mass is 9.45. The molecule has 2 saturated heterocycles. The lowest BCUT2D eigenvalue weighted by Crippen LogP contribution is -2.68. The van der Waals surface area contributed by atoms with Crippen LogP contribution in [0, 0.1) is 22.7 Å². The average molecular weight is 411 g/mol. The number of rotatable bonds is 0. The molecule has 2 spiro atoms. The molecule has 7 heteroatoms. The van der Waals surface area contributed by atoms with E-state index in [1.807, 2.05) is 19.1 Å². The molecule has 6 aliphatic rings. The van der Waals surface area contributed by atoms with Gasteiger partial charge < -0.3 is 14.4 Å². The van der Waals surface area contributed by atoms with Gasteiger partial charge in [-0.05, 0) is 61.9 Å². The van der Waals surface area contributed by atoms with Crippen molar-refractivity contribution >= 4 is 11.2 Å². The zero-order valence-electron chi connectivity index (χ0n) is 16.3. The van der Waals surface area contributed by atoms with Crippen LogP contribution < -0.4 is 0 Å². The second-order valence-corrected chi connectivity index (χ2v) is 11.7. The number of allylic oxidation sites excluding steroid dienone is 2. The van der Waals surface area contributed by atoms with Gasteiger partial charge >= 0.3 is 0 Å². The van der Waals surface area contributed by atoms with Crippen molar-refractivity contribution in [1.82, 2.24) is 0 Å². The first kappa shape index (κ1) is 18.3. The highest BCUT2D eigenvalue weighted by molar-refractivity contribution is 7.92. The van der Waals surface area contributed by atoms with E-state index < -0.39 is 44.5 Å². The first-order chi connectivity index (χ1) is 13.2. The fourth-order valence-electron chi connectivity index (χ4n) is 7.54. The minimum absolute atomic E-state index is 0.0547. The van der Waals surface area contributed by atoms with Gasteiger partial charge in [0, 0.05) is 23.2 Å². The van der Waals surface area contributed by atoms with Crippen LogP contribution in [0.15, 0.2) is 23.8 Å². The third-order valence-electron chi connectivity index (χ3n) is 9.06. The lowest BCUT2D eigenvalue weighted by molar-refractivity contribution is -0.209. The number of hydrogen-bond donors (Lipinski definition) is 1. The standard InChI is InChI=1S/C21H27FO5S/c1-17-7-8-19(26-27-19)11-13(17)3-4-15-14-5-6-20(25-9-10-28(20)24)18(14,2)12-16(23)21(15,17)22/h7-8,11,14-16,23H,3-6,9-10,12H2,1-2H3/t14-,15-,16-,17-,18-,20-,21?,28?/m0/s1. The van der Waals surface area contributed by atoms with E-state index in [2.05, 4.69) is 6.92 Å². The molecule has 0 aromatic heterocycles. The van der Waals surface area contributed by atoms with Crippen molar-refractivity contribution in [3.63, 3.8) is 0 Å². The molecule has 4 aliphatic carbocycles. The van der Waals surface area contributed by atoms with Crippen molar-refractivity contribution in [3.8, 4) is 0 Å². The topological polar surface area (TPSA) is 77.6 Å². The Bertz CT molecular complexity index is 798. The Morgan fingerprint density at radius 2 is 2.00 bits per heavy atom. The molecule has 8 atom stereocenters. The van der Waals surface area contributed by atoms with Gasteiger partial charge in [0.2, 0.25) is 4.93 Å². The van der Waals surface area contributed by atoms with Crippen molar-refractivity contribution in [2.75, 3.05) is 12.4 Å². The van der Waals surface area contributed by atoms with E-state index in [-0.39, 0.29) is 18.3 Å². The summed E-state index contributed by atoms with van der Waals surface area (Å²) in [6, 6.07) is 0. The van der Waals surface area contributed by atoms with E-state index in [4.69, 9.17) is 14.5 Å². The zero-order valence-corrected chi connectivity index (χ0v) is 17.1. The summed E-state index contributed by atoms with van der Waals surface area (Å²) in [6.45, 7) is 4.48. The van der Waals surface area contributed by atoms with Crippen LogP contribution in [-0.4, -0.2) is 44.5 Å². The van der Waals surface area contributed by atoms with Gasteiger partial charge in [-0.3, -0.25) is 0 Å². The van der Waals surface area contributed by atoms with Gasteiger partial charge in [0.1, 0.15) is 5.75 Å². The summed E-state index contributed by atoms with van der Waals surface area (Å²) in [6.07, 6.45) is 7.57. The van der Waals surface area contributed by atoms with Crippen LogP contribution in [0.2, 0.25) is 0 Å². The molecule has 5 nitrogen and oxygen atoms in total. The predicted octanol–water partition coefficient (Wildman–Crippen LogP) is 2.92. The maximum Gasteiger partial charge on any atom is 0.271 e. The molecule has 28 heavy (non-hydrogen) atoms. The summed E-state index contributed by atoms with van der Waals surface area (Å²) < 4.78 is 36.1. The molecular formula is C21H27FO5S. The average Bonchev–Trinajstić information content (AvgIpc) is 3.20. The smallest absolute Gasteiger partial charge is 0.271 e. The molecule has 6 rings (SSSR count). The molecule has 2 unspecified atom stereocenters. The Morgan fingerprint density at radius 3 is 2.68 bits per heavy atom. The first-order valence-corrected chi connectivity index (χ1v) is 11.7. The second kappa shape index (κ2) is 5.24. The fraction of sp³-hybridized carbons (Fsp3) is 0.810. The first-order valence-electron chi connectivity index (χ1n) is 10.4. The molecule has 1 N–H and O–H groups in total. The van der Waals surface area contributed by atoms with Crippen molar-refractivity contribution in [1.29, 1.82) is 0 Å². The molecule has 0 bridgehead atoms. The van der Waals surface area contributed by atoms with Crippen molar-refractivity contribution in [2.24, 2.45) is 22.7 Å². The Labute approximate surface area is 167 Å². The number of aliphatic hydroxyl groups excluding tert-OH is 1. The minimum Gasteiger partial charge on any atom is -0.614 e. The normalized spacial score (nSPS) is 58.4. The number of ether oxygens (including phenoxy) is 1. The Morgan fingerprint density at radius 1 is 1.21 bits per heavy atom. The molecule has 0 radical (unpaired) electrons. The predicted molar refractivity (Wildman–Crippen MR) is 99.9 cm³/mol. The molecule has 3 saturated carbocycles. The van der Waals surface area contributed by atoms with Crippen molar-refractivity contribution in [2.45, 2.75) is 68.4 Å². The quantitative estimate of drug-likeness (QED) is 0.288. The van der Waals surface area contributed by atoms with Crippen molar-refractivity contribution < 1.29 is 28.6 Å². The summed E-state index contributed by atoms with van der Waals surface area (Å²) in [5.41, 5.74) is -2.17. The molecular weight excluding hydrogens is 383 g/mol. The van der Waals surface area contributed by atoms with Crippen LogP contribution in [0.3, 0.4) is 0 Å². The van der Waals surface area contributed by atoms with Crippen LogP contribution >= 0.6 is 0 Å². The fourth-order valence-corrected chi connectivity index (χ4v) is 9.42. The van der Waals surface area contributed by atoms with E-state index in [9.17, 15) is 9.66 Å². The second-order valence-electron chi connectivity index (χ2n) is 9.94. The molecule has 154 valence electrons. The third kappa shape index (κ3) is 1.84. The lowest BCUT2D eigenvalue weighted by Gasteiger charge is -2.62. The molecule has 5 fully saturated rings. The summed E-state index contributed by atoms with van der Waals surface area (Å²) in [5, 5.41) is 11.3. The monoisotopic (exact) mass is 410 g/mol. The summed E-state index contributed by atoms with van der Waals surface area (Å²) in [4.78, 5) is 9.45. The molecule has 2 heterocycles. The number of hydrogen-bond acceptors (Lipinski definition) is 5. The largest absolute Gasteiger partial charge is 0.614 e. The number of alkyl halides is 1. The van der Waals surface area contributed by atoms with Gasteiger partial charge in [-0.1, -0.05) is 18.6 Å². The molecule has 2 aliphatic heterocycles. The van der Waals surface area contributed by atoms with Crippen molar-refractivity contribution in [3.05, 3.63) is 23.8 Å². The summed E-state index contributed by atoms with van der Waals surface area (Å²) >= 11 is -1.09. The van der Waals surface area contributed by atoms with Gasteiger partial charge in [-0.25, -0.2) is 4.39 Å². The van der Waals surface area contributed by atoms with Gasteiger partial charge in [0.15, 0.2) is 5.67 Å². The number of halogens is 1. The Balaban J connectivity index is 1.44. The van der Waals surface area contributed by atoms with Crippen LogP contribution in [0.1, 0.15) is 46.0 Å².